The van der Waals surface area contributed by atoms with E-state index in [9.17, 15) is 12.8 Å². The molecule has 19 heavy (non-hydrogen) atoms. The van der Waals surface area contributed by atoms with Gasteiger partial charge in [0.2, 0.25) is 10.0 Å². The van der Waals surface area contributed by atoms with Crippen LogP contribution in [0.3, 0.4) is 0 Å². The van der Waals surface area contributed by atoms with Crippen molar-refractivity contribution in [2.75, 3.05) is 0 Å². The lowest BCUT2D eigenvalue weighted by Gasteiger charge is -2.14. The molecule has 0 radical (unpaired) electrons. The van der Waals surface area contributed by atoms with Gasteiger partial charge in [-0.15, -0.1) is 0 Å². The summed E-state index contributed by atoms with van der Waals surface area (Å²) in [5.41, 5.74) is 5.70. The number of hydrogen-bond acceptors (Lipinski definition) is 3. The van der Waals surface area contributed by atoms with Gasteiger partial charge in [-0.05, 0) is 43.4 Å². The van der Waals surface area contributed by atoms with E-state index in [4.69, 9.17) is 17.3 Å². The zero-order chi connectivity index (χ0) is 14.2. The quantitative estimate of drug-likeness (QED) is 0.874. The van der Waals surface area contributed by atoms with Crippen molar-refractivity contribution in [2.24, 2.45) is 11.7 Å². The first-order valence-corrected chi connectivity index (χ1v) is 7.91. The van der Waals surface area contributed by atoms with E-state index in [1.54, 1.807) is 0 Å². The van der Waals surface area contributed by atoms with Crippen molar-refractivity contribution in [3.63, 3.8) is 0 Å². The molecule has 7 heteroatoms. The molecule has 3 N–H and O–H groups in total. The fraction of sp³-hybridized carbons (Fsp3) is 0.500. The maximum absolute atomic E-state index is 13.6. The Morgan fingerprint density at radius 2 is 2.16 bits per heavy atom. The molecule has 0 saturated heterocycles. The van der Waals surface area contributed by atoms with Gasteiger partial charge in [0, 0.05) is 12.6 Å². The molecule has 0 heterocycles. The number of benzene rings is 1. The van der Waals surface area contributed by atoms with E-state index in [-0.39, 0.29) is 28.1 Å². The highest BCUT2D eigenvalue weighted by Crippen LogP contribution is 2.33. The van der Waals surface area contributed by atoms with Crippen molar-refractivity contribution in [3.8, 4) is 0 Å². The fourth-order valence-electron chi connectivity index (χ4n) is 1.93. The fourth-order valence-corrected chi connectivity index (χ4v) is 3.49. The molecule has 0 aliphatic heterocycles. The molecule has 1 aromatic carbocycles. The van der Waals surface area contributed by atoms with E-state index < -0.39 is 15.8 Å². The van der Waals surface area contributed by atoms with E-state index >= 15 is 0 Å². The van der Waals surface area contributed by atoms with Crippen molar-refractivity contribution < 1.29 is 12.8 Å². The largest absolute Gasteiger partial charge is 0.326 e. The Kier molecular flexibility index (Phi) is 4.15. The van der Waals surface area contributed by atoms with Crippen LogP contribution in [0.5, 0.6) is 0 Å². The third-order valence-electron chi connectivity index (χ3n) is 3.28. The van der Waals surface area contributed by atoms with E-state index in [0.717, 1.165) is 18.9 Å². The van der Waals surface area contributed by atoms with Crippen LogP contribution in [0.25, 0.3) is 0 Å². The lowest BCUT2D eigenvalue weighted by Crippen LogP contribution is -2.34. The molecule has 1 aromatic rings. The summed E-state index contributed by atoms with van der Waals surface area (Å²) < 4.78 is 40.4. The number of sulfonamides is 1. The van der Waals surface area contributed by atoms with Crippen LogP contribution >= 0.6 is 11.6 Å². The monoisotopic (exact) mass is 306 g/mol. The SMILES string of the molecule is CC(NS(=O)(=O)c1cc(F)c(Cl)c(CN)c1)C1CC1. The predicted molar refractivity (Wildman–Crippen MR) is 71.8 cm³/mol. The van der Waals surface area contributed by atoms with Gasteiger partial charge >= 0.3 is 0 Å². The number of halogens is 2. The van der Waals surface area contributed by atoms with Crippen LogP contribution in [-0.4, -0.2) is 14.5 Å². The Bertz CT molecular complexity index is 588. The highest BCUT2D eigenvalue weighted by molar-refractivity contribution is 7.89. The Labute approximate surface area is 117 Å². The van der Waals surface area contributed by atoms with Crippen molar-refractivity contribution in [3.05, 3.63) is 28.5 Å². The maximum Gasteiger partial charge on any atom is 0.240 e. The third kappa shape index (κ3) is 3.25. The van der Waals surface area contributed by atoms with E-state index in [1.807, 2.05) is 6.92 Å². The van der Waals surface area contributed by atoms with Gasteiger partial charge in [0.25, 0.3) is 0 Å². The lowest BCUT2D eigenvalue weighted by molar-refractivity contribution is 0.536. The summed E-state index contributed by atoms with van der Waals surface area (Å²) in [6.07, 6.45) is 2.04. The first-order valence-electron chi connectivity index (χ1n) is 6.05. The van der Waals surface area contributed by atoms with Gasteiger partial charge in [-0.2, -0.15) is 0 Å². The maximum atomic E-state index is 13.6. The minimum absolute atomic E-state index is 0.0166. The van der Waals surface area contributed by atoms with Crippen LogP contribution < -0.4 is 10.5 Å². The molecular weight excluding hydrogens is 291 g/mol. The van der Waals surface area contributed by atoms with Crippen LogP contribution in [0.1, 0.15) is 25.3 Å². The number of nitrogens with one attached hydrogen (secondary N) is 1. The second-order valence-electron chi connectivity index (χ2n) is 4.83. The third-order valence-corrected chi connectivity index (χ3v) is 5.24. The summed E-state index contributed by atoms with van der Waals surface area (Å²) in [6.45, 7) is 1.79. The Morgan fingerprint density at radius 1 is 1.53 bits per heavy atom. The van der Waals surface area contributed by atoms with Gasteiger partial charge < -0.3 is 5.73 Å². The molecule has 0 amide bonds. The number of hydrogen-bond donors (Lipinski definition) is 2. The average Bonchev–Trinajstić information content (AvgIpc) is 3.15. The molecular formula is C12H16ClFN2O2S. The van der Waals surface area contributed by atoms with Gasteiger partial charge in [-0.25, -0.2) is 17.5 Å². The summed E-state index contributed by atoms with van der Waals surface area (Å²) in [4.78, 5) is -0.137. The van der Waals surface area contributed by atoms with E-state index in [1.165, 1.54) is 6.07 Å². The molecule has 0 spiro atoms. The zero-order valence-electron chi connectivity index (χ0n) is 10.5. The molecule has 1 fully saturated rings. The molecule has 1 saturated carbocycles. The van der Waals surface area contributed by atoms with Crippen molar-refractivity contribution >= 4 is 21.6 Å². The molecule has 4 nitrogen and oxygen atoms in total. The van der Waals surface area contributed by atoms with Gasteiger partial charge in [-0.1, -0.05) is 11.6 Å². The highest BCUT2D eigenvalue weighted by atomic mass is 35.5. The second-order valence-corrected chi connectivity index (χ2v) is 6.92. The Hall–Kier alpha value is -0.690. The van der Waals surface area contributed by atoms with Crippen LogP contribution in [0.2, 0.25) is 5.02 Å². The first kappa shape index (κ1) is 14.7. The molecule has 0 bridgehead atoms. The zero-order valence-corrected chi connectivity index (χ0v) is 12.1. The van der Waals surface area contributed by atoms with Crippen LogP contribution in [0.15, 0.2) is 17.0 Å². The summed E-state index contributed by atoms with van der Waals surface area (Å²) in [7, 11) is -3.74. The highest BCUT2D eigenvalue weighted by Gasteiger charge is 2.31. The standard InChI is InChI=1S/C12H16ClFN2O2S/c1-7(8-2-3-8)16-19(17,18)10-4-9(6-15)12(13)11(14)5-10/h4-5,7-8,16H,2-3,6,15H2,1H3. The number of nitrogens with two attached hydrogens (primary N) is 1. The Balaban J connectivity index is 2.31. The van der Waals surface area contributed by atoms with Crippen molar-refractivity contribution in [2.45, 2.75) is 37.2 Å². The van der Waals surface area contributed by atoms with Gasteiger partial charge in [0.15, 0.2) is 0 Å². The molecule has 1 unspecified atom stereocenters. The normalized spacial score (nSPS) is 17.5. The predicted octanol–water partition coefficient (Wildman–Crippen LogP) is 2.01. The van der Waals surface area contributed by atoms with Crippen LogP contribution in [-0.2, 0) is 16.6 Å². The summed E-state index contributed by atoms with van der Waals surface area (Å²) in [6, 6.07) is 2.08. The van der Waals surface area contributed by atoms with E-state index in [0.29, 0.717) is 5.92 Å². The molecule has 1 aliphatic rings. The Morgan fingerprint density at radius 3 is 2.68 bits per heavy atom. The minimum atomic E-state index is -3.74. The first-order chi connectivity index (χ1) is 8.85. The van der Waals surface area contributed by atoms with Gasteiger partial charge in [0.1, 0.15) is 5.82 Å². The number of rotatable bonds is 5. The van der Waals surface area contributed by atoms with Crippen molar-refractivity contribution in [1.82, 2.24) is 4.72 Å². The lowest BCUT2D eigenvalue weighted by atomic mass is 10.2. The van der Waals surface area contributed by atoms with Gasteiger partial charge in [-0.3, -0.25) is 0 Å². The van der Waals surface area contributed by atoms with Gasteiger partial charge in [0.05, 0.1) is 9.92 Å². The van der Waals surface area contributed by atoms with Crippen LogP contribution in [0.4, 0.5) is 4.39 Å². The summed E-state index contributed by atoms with van der Waals surface area (Å²) >= 11 is 5.71. The smallest absolute Gasteiger partial charge is 0.240 e. The molecule has 0 aromatic heterocycles. The van der Waals surface area contributed by atoms with E-state index in [2.05, 4.69) is 4.72 Å². The summed E-state index contributed by atoms with van der Waals surface area (Å²) in [5.74, 6) is -0.398. The molecule has 1 aliphatic carbocycles. The topological polar surface area (TPSA) is 72.2 Å². The molecule has 1 atom stereocenters. The minimum Gasteiger partial charge on any atom is -0.326 e. The molecule has 106 valence electrons. The second kappa shape index (κ2) is 5.36. The average molecular weight is 307 g/mol. The van der Waals surface area contributed by atoms with Crippen molar-refractivity contribution in [1.29, 1.82) is 0 Å². The molecule has 2 rings (SSSR count). The van der Waals surface area contributed by atoms with Crippen LogP contribution in [0, 0.1) is 11.7 Å². The summed E-state index contributed by atoms with van der Waals surface area (Å²) in [5, 5.41) is -0.128.